The smallest absolute Gasteiger partial charge is 0.119 e. The molecule has 0 aliphatic carbocycles. The zero-order valence-corrected chi connectivity index (χ0v) is 10.00. The van der Waals surface area contributed by atoms with Crippen molar-refractivity contribution < 1.29 is 9.84 Å². The van der Waals surface area contributed by atoms with Gasteiger partial charge in [0.15, 0.2) is 0 Å². The third-order valence-corrected chi connectivity index (χ3v) is 2.29. The molecule has 0 radical (unpaired) electrons. The molecule has 3 heteroatoms. The highest BCUT2D eigenvalue weighted by atomic mass is 35.5. The Kier molecular flexibility index (Phi) is 5.77. The Hall–Kier alpha value is -1.17. The lowest BCUT2D eigenvalue weighted by Crippen LogP contribution is -2.17. The van der Waals surface area contributed by atoms with Crippen LogP contribution >= 0.6 is 11.6 Å². The highest BCUT2D eigenvalue weighted by molar-refractivity contribution is 6.30. The van der Waals surface area contributed by atoms with Crippen molar-refractivity contribution >= 4 is 11.6 Å². The summed E-state index contributed by atoms with van der Waals surface area (Å²) >= 11 is 5.74. The van der Waals surface area contributed by atoms with E-state index in [1.165, 1.54) is 0 Å². The second-order valence-corrected chi connectivity index (χ2v) is 3.82. The topological polar surface area (TPSA) is 29.5 Å². The SMILES string of the molecule is CC#CCCC(O)COc1ccc(Cl)cc1. The lowest BCUT2D eigenvalue weighted by Gasteiger charge is -2.10. The maximum atomic E-state index is 9.57. The van der Waals surface area contributed by atoms with Crippen LogP contribution in [0.15, 0.2) is 24.3 Å². The monoisotopic (exact) mass is 238 g/mol. The van der Waals surface area contributed by atoms with Crippen molar-refractivity contribution in [1.29, 1.82) is 0 Å². The molecule has 0 spiro atoms. The van der Waals surface area contributed by atoms with Crippen molar-refractivity contribution in [2.75, 3.05) is 6.61 Å². The second kappa shape index (κ2) is 7.16. The van der Waals surface area contributed by atoms with Gasteiger partial charge in [-0.3, -0.25) is 0 Å². The average molecular weight is 239 g/mol. The quantitative estimate of drug-likeness (QED) is 0.800. The summed E-state index contributed by atoms with van der Waals surface area (Å²) in [5.41, 5.74) is 0. The van der Waals surface area contributed by atoms with E-state index in [1.54, 1.807) is 31.2 Å². The Labute approximate surface area is 101 Å². The first-order valence-electron chi connectivity index (χ1n) is 5.18. The first-order chi connectivity index (χ1) is 7.72. The van der Waals surface area contributed by atoms with Gasteiger partial charge in [-0.25, -0.2) is 0 Å². The Morgan fingerprint density at radius 1 is 1.38 bits per heavy atom. The van der Waals surface area contributed by atoms with Crippen LogP contribution in [0.3, 0.4) is 0 Å². The minimum absolute atomic E-state index is 0.285. The van der Waals surface area contributed by atoms with Crippen LogP contribution in [0.25, 0.3) is 0 Å². The first kappa shape index (κ1) is 12.9. The highest BCUT2D eigenvalue weighted by Gasteiger charge is 2.03. The van der Waals surface area contributed by atoms with Crippen LogP contribution in [-0.2, 0) is 0 Å². The van der Waals surface area contributed by atoms with Gasteiger partial charge in [0.2, 0.25) is 0 Å². The summed E-state index contributed by atoms with van der Waals surface area (Å²) in [6.45, 7) is 2.07. The first-order valence-corrected chi connectivity index (χ1v) is 5.56. The van der Waals surface area contributed by atoms with Gasteiger partial charge in [0.1, 0.15) is 12.4 Å². The van der Waals surface area contributed by atoms with Crippen molar-refractivity contribution in [3.8, 4) is 17.6 Å². The molecule has 0 fully saturated rings. The Morgan fingerprint density at radius 2 is 2.06 bits per heavy atom. The van der Waals surface area contributed by atoms with E-state index in [9.17, 15) is 5.11 Å². The summed E-state index contributed by atoms with van der Waals surface area (Å²) in [5, 5.41) is 10.2. The number of halogens is 1. The molecule has 86 valence electrons. The van der Waals surface area contributed by atoms with E-state index in [-0.39, 0.29) is 6.61 Å². The Morgan fingerprint density at radius 3 is 2.69 bits per heavy atom. The number of hydrogen-bond acceptors (Lipinski definition) is 2. The zero-order chi connectivity index (χ0) is 11.8. The van der Waals surface area contributed by atoms with Crippen LogP contribution in [0.2, 0.25) is 5.02 Å². The van der Waals surface area contributed by atoms with E-state index in [4.69, 9.17) is 16.3 Å². The molecule has 2 nitrogen and oxygen atoms in total. The van der Waals surface area contributed by atoms with E-state index < -0.39 is 6.10 Å². The minimum atomic E-state index is -0.475. The number of aliphatic hydroxyl groups is 1. The van der Waals surface area contributed by atoms with Gasteiger partial charge in [-0.05, 0) is 37.6 Å². The van der Waals surface area contributed by atoms with E-state index in [0.29, 0.717) is 23.6 Å². The van der Waals surface area contributed by atoms with Crippen LogP contribution in [0, 0.1) is 11.8 Å². The van der Waals surface area contributed by atoms with Gasteiger partial charge in [-0.2, -0.15) is 0 Å². The third kappa shape index (κ3) is 5.06. The molecule has 0 aliphatic rings. The summed E-state index contributed by atoms with van der Waals surface area (Å²) in [7, 11) is 0. The molecule has 16 heavy (non-hydrogen) atoms. The van der Waals surface area contributed by atoms with Crippen LogP contribution in [0.4, 0.5) is 0 Å². The highest BCUT2D eigenvalue weighted by Crippen LogP contribution is 2.15. The molecule has 1 rings (SSSR count). The van der Waals surface area contributed by atoms with Gasteiger partial charge in [-0.15, -0.1) is 11.8 Å². The van der Waals surface area contributed by atoms with Gasteiger partial charge in [0, 0.05) is 11.4 Å². The molecular formula is C13H15ClO2. The van der Waals surface area contributed by atoms with Gasteiger partial charge in [-0.1, -0.05) is 11.6 Å². The van der Waals surface area contributed by atoms with Crippen LogP contribution < -0.4 is 4.74 Å². The largest absolute Gasteiger partial charge is 0.491 e. The number of hydrogen-bond donors (Lipinski definition) is 1. The van der Waals surface area contributed by atoms with Crippen molar-refractivity contribution in [3.63, 3.8) is 0 Å². The Bertz CT molecular complexity index is 362. The van der Waals surface area contributed by atoms with Crippen LogP contribution in [0.5, 0.6) is 5.75 Å². The van der Waals surface area contributed by atoms with Gasteiger partial charge in [0.25, 0.3) is 0 Å². The number of aliphatic hydroxyl groups excluding tert-OH is 1. The normalized spacial score (nSPS) is 11.4. The molecule has 0 aliphatic heterocycles. The van der Waals surface area contributed by atoms with Crippen LogP contribution in [0.1, 0.15) is 19.8 Å². The lowest BCUT2D eigenvalue weighted by molar-refractivity contribution is 0.101. The molecule has 1 aromatic carbocycles. The summed E-state index contributed by atoms with van der Waals surface area (Å²) in [6, 6.07) is 7.07. The van der Waals surface area contributed by atoms with E-state index in [2.05, 4.69) is 11.8 Å². The summed E-state index contributed by atoms with van der Waals surface area (Å²) in [6.07, 6.45) is 0.854. The van der Waals surface area contributed by atoms with Crippen LogP contribution in [-0.4, -0.2) is 17.8 Å². The van der Waals surface area contributed by atoms with Gasteiger partial charge in [0.05, 0.1) is 6.10 Å². The summed E-state index contributed by atoms with van der Waals surface area (Å²) < 4.78 is 5.40. The van der Waals surface area contributed by atoms with Gasteiger partial charge >= 0.3 is 0 Å². The van der Waals surface area contributed by atoms with Crippen molar-refractivity contribution in [3.05, 3.63) is 29.3 Å². The Balaban J connectivity index is 2.27. The summed E-state index contributed by atoms with van der Waals surface area (Å²) in [4.78, 5) is 0. The minimum Gasteiger partial charge on any atom is -0.491 e. The zero-order valence-electron chi connectivity index (χ0n) is 9.24. The number of ether oxygens (including phenoxy) is 1. The van der Waals surface area contributed by atoms with E-state index in [1.807, 2.05) is 0 Å². The fourth-order valence-electron chi connectivity index (χ4n) is 1.17. The standard InChI is InChI=1S/C13H15ClO2/c1-2-3-4-5-12(15)10-16-13-8-6-11(14)7-9-13/h6-9,12,15H,4-5,10H2,1H3. The predicted molar refractivity (Wildman–Crippen MR) is 65.6 cm³/mol. The molecular weight excluding hydrogens is 224 g/mol. The van der Waals surface area contributed by atoms with Crippen molar-refractivity contribution in [1.82, 2.24) is 0 Å². The third-order valence-electron chi connectivity index (χ3n) is 2.04. The number of benzene rings is 1. The number of rotatable bonds is 5. The van der Waals surface area contributed by atoms with Crippen molar-refractivity contribution in [2.24, 2.45) is 0 Å². The molecule has 0 saturated carbocycles. The average Bonchev–Trinajstić information content (AvgIpc) is 2.29. The fourth-order valence-corrected chi connectivity index (χ4v) is 1.30. The molecule has 0 saturated heterocycles. The fraction of sp³-hybridized carbons (Fsp3) is 0.385. The molecule has 1 unspecified atom stereocenters. The lowest BCUT2D eigenvalue weighted by atomic mass is 10.2. The van der Waals surface area contributed by atoms with E-state index in [0.717, 1.165) is 0 Å². The molecule has 0 bridgehead atoms. The maximum Gasteiger partial charge on any atom is 0.119 e. The molecule has 0 amide bonds. The molecule has 1 atom stereocenters. The predicted octanol–water partition coefficient (Wildman–Crippen LogP) is 2.88. The van der Waals surface area contributed by atoms with Gasteiger partial charge < -0.3 is 9.84 Å². The molecule has 1 aromatic rings. The van der Waals surface area contributed by atoms with E-state index >= 15 is 0 Å². The maximum absolute atomic E-state index is 9.57. The second-order valence-electron chi connectivity index (χ2n) is 3.38. The van der Waals surface area contributed by atoms with Crippen molar-refractivity contribution in [2.45, 2.75) is 25.9 Å². The summed E-state index contributed by atoms with van der Waals surface area (Å²) in [5.74, 6) is 6.40. The molecule has 1 N–H and O–H groups in total. The molecule has 0 aromatic heterocycles. The molecule has 0 heterocycles.